The molecule has 2 aliphatic heterocycles. The van der Waals surface area contributed by atoms with E-state index in [1.54, 1.807) is 11.8 Å². The molecule has 240 valence electrons. The van der Waals surface area contributed by atoms with E-state index in [0.717, 1.165) is 18.7 Å². The average Bonchev–Trinajstić information content (AvgIpc) is 3.42. The zero-order valence-corrected chi connectivity index (χ0v) is 30.0. The van der Waals surface area contributed by atoms with E-state index in [4.69, 9.17) is 28.9 Å². The first-order valence-corrected chi connectivity index (χ1v) is 20.4. The fourth-order valence-electron chi connectivity index (χ4n) is 6.13. The van der Waals surface area contributed by atoms with Crippen LogP contribution in [0.5, 0.6) is 5.75 Å². The summed E-state index contributed by atoms with van der Waals surface area (Å²) in [4.78, 5) is 18.9. The van der Waals surface area contributed by atoms with E-state index >= 15 is 0 Å². The molecule has 1 unspecified atom stereocenters. The monoisotopic (exact) mass is 726 g/mol. The van der Waals surface area contributed by atoms with Gasteiger partial charge in [-0.25, -0.2) is 0 Å². The van der Waals surface area contributed by atoms with Gasteiger partial charge in [-0.3, -0.25) is 0 Å². The molecule has 0 aromatic heterocycles. The van der Waals surface area contributed by atoms with Crippen molar-refractivity contribution in [2.45, 2.75) is 54.6 Å². The van der Waals surface area contributed by atoms with Gasteiger partial charge in [0.15, 0.2) is 0 Å². The molecular formula is C35H44Cl2N3O3Ru-. The third-order valence-corrected chi connectivity index (χ3v) is 9.62. The van der Waals surface area contributed by atoms with Gasteiger partial charge in [-0.15, -0.1) is 0 Å². The minimum Gasteiger partial charge on any atom is -0.502 e. The van der Waals surface area contributed by atoms with Crippen molar-refractivity contribution < 1.29 is 27.8 Å². The number of para-hydroxylation sites is 1. The number of amides is 1. The molecular weight excluding hydrogens is 682 g/mol. The molecule has 0 aliphatic carbocycles. The molecule has 1 amide bonds. The maximum absolute atomic E-state index is 12.3. The minimum atomic E-state index is -1.94. The van der Waals surface area contributed by atoms with Gasteiger partial charge in [0.1, 0.15) is 0 Å². The number of ether oxygens (including phenoxy) is 2. The van der Waals surface area contributed by atoms with E-state index in [2.05, 4.69) is 82.3 Å². The summed E-state index contributed by atoms with van der Waals surface area (Å²) >= 11 is -1.94. The molecule has 2 saturated heterocycles. The summed E-state index contributed by atoms with van der Waals surface area (Å²) in [6.07, 6.45) is -0.552. The average molecular weight is 727 g/mol. The van der Waals surface area contributed by atoms with Gasteiger partial charge >= 0.3 is 137 Å². The second kappa shape index (κ2) is 15.7. The van der Waals surface area contributed by atoms with Crippen molar-refractivity contribution in [3.8, 4) is 5.75 Å². The fraction of sp³-hybridized carbons (Fsp3) is 0.400. The van der Waals surface area contributed by atoms with Crippen LogP contribution in [0.4, 0.5) is 11.4 Å². The molecule has 2 fully saturated rings. The number of rotatable bonds is 6. The molecule has 0 radical (unpaired) electrons. The predicted octanol–water partition coefficient (Wildman–Crippen LogP) is 7.37. The summed E-state index contributed by atoms with van der Waals surface area (Å²) in [5.74, 6) is 0.602. The Morgan fingerprint density at radius 2 is 1.32 bits per heavy atom. The van der Waals surface area contributed by atoms with E-state index in [-0.39, 0.29) is 5.91 Å². The van der Waals surface area contributed by atoms with Crippen molar-refractivity contribution in [2.75, 3.05) is 49.2 Å². The molecule has 2 heterocycles. The first-order valence-electron chi connectivity index (χ1n) is 14.9. The van der Waals surface area contributed by atoms with Crippen LogP contribution in [0.3, 0.4) is 0 Å². The number of nitrogens with zero attached hydrogens (tertiary/aromatic N) is 3. The third-order valence-electron chi connectivity index (χ3n) is 7.79. The second-order valence-corrected chi connectivity index (χ2v) is 17.3. The quantitative estimate of drug-likeness (QED) is 0.196. The van der Waals surface area contributed by atoms with Crippen molar-refractivity contribution in [1.29, 1.82) is 0 Å². The molecule has 5 rings (SSSR count). The normalized spacial score (nSPS) is 15.8. The van der Waals surface area contributed by atoms with Crippen molar-refractivity contribution >= 4 is 41.3 Å². The number of hydrogen-bond acceptors (Lipinski definition) is 5. The Hall–Kier alpha value is -2.44. The maximum atomic E-state index is 12.3. The standard InChI is InChI=1S/C21H27N2.C14H17NO3.2ClH.Ru/c1-14-9-16(3)20(17(4)10-14)22-7-8-23(13-22)21-18(5)11-15(2)12-19(21)6;1-11-5-3-4-6-13(11)18-12(2)14(16)15-7-9-17-10-8-15;;;/h9-13H,7-8H2,1-6H3;1,3-6,12H,7-10H2,2H3;2*1H;/q-1;;;;+2/p-2. The largest absolute Gasteiger partial charge is 0.502 e. The van der Waals surface area contributed by atoms with E-state index in [1.165, 1.54) is 44.8 Å². The van der Waals surface area contributed by atoms with Gasteiger partial charge in [0.25, 0.3) is 0 Å². The molecule has 0 saturated carbocycles. The van der Waals surface area contributed by atoms with Gasteiger partial charge in [0.05, 0.1) is 0 Å². The molecule has 9 heteroatoms. The molecule has 0 spiro atoms. The van der Waals surface area contributed by atoms with Gasteiger partial charge in [0.2, 0.25) is 0 Å². The summed E-state index contributed by atoms with van der Waals surface area (Å²) in [6, 6.07) is 16.6. The Labute approximate surface area is 276 Å². The maximum Gasteiger partial charge on any atom is 0.0146 e. The molecule has 6 nitrogen and oxygen atoms in total. The van der Waals surface area contributed by atoms with E-state index < -0.39 is 19.6 Å². The summed E-state index contributed by atoms with van der Waals surface area (Å²) in [6.45, 7) is 21.7. The molecule has 3 aromatic rings. The van der Waals surface area contributed by atoms with Crippen LogP contribution in [0.25, 0.3) is 0 Å². The number of morpholine rings is 1. The summed E-state index contributed by atoms with van der Waals surface area (Å²) in [5.41, 5.74) is 11.7. The van der Waals surface area contributed by atoms with Crippen LogP contribution < -0.4 is 14.5 Å². The van der Waals surface area contributed by atoms with Gasteiger partial charge in [-0.2, -0.15) is 6.67 Å². The number of hydrogen-bond donors (Lipinski definition) is 0. The first kappa shape index (κ1) is 34.4. The van der Waals surface area contributed by atoms with Crippen LogP contribution in [0, 0.1) is 48.2 Å². The number of benzene rings is 3. The summed E-state index contributed by atoms with van der Waals surface area (Å²) in [7, 11) is 11.8. The van der Waals surface area contributed by atoms with Gasteiger partial charge in [-0.1, -0.05) is 35.4 Å². The zero-order chi connectivity index (χ0) is 32.0. The zero-order valence-electron chi connectivity index (χ0n) is 26.8. The van der Waals surface area contributed by atoms with Crippen molar-refractivity contribution in [3.05, 3.63) is 94.1 Å². The van der Waals surface area contributed by atoms with Crippen LogP contribution in [-0.4, -0.2) is 60.9 Å². The molecule has 0 bridgehead atoms. The number of aryl methyl sites for hydroxylation is 6. The van der Waals surface area contributed by atoms with E-state index in [1.807, 2.05) is 28.9 Å². The van der Waals surface area contributed by atoms with E-state index in [0.29, 0.717) is 32.1 Å². The van der Waals surface area contributed by atoms with Crippen LogP contribution in [0.2, 0.25) is 0 Å². The Morgan fingerprint density at radius 3 is 1.80 bits per heavy atom. The predicted molar refractivity (Wildman–Crippen MR) is 181 cm³/mol. The summed E-state index contributed by atoms with van der Waals surface area (Å²) < 4.78 is 12.9. The minimum absolute atomic E-state index is 0.0287. The van der Waals surface area contributed by atoms with E-state index in [9.17, 15) is 4.79 Å². The summed E-state index contributed by atoms with van der Waals surface area (Å²) in [5, 5.41) is 0. The van der Waals surface area contributed by atoms with Crippen molar-refractivity contribution in [3.63, 3.8) is 0 Å². The Kier molecular flexibility index (Phi) is 12.3. The van der Waals surface area contributed by atoms with Gasteiger partial charge in [0, 0.05) is 24.5 Å². The molecule has 0 N–H and O–H groups in total. The Bertz CT molecular complexity index is 1390. The number of carbonyl (C=O) groups excluding carboxylic acids is 1. The SMILES string of the molecule is CC(Oc1ccccc1[CH]=[Ru]([Cl])[Cl])C(=O)N1CCOCC1.Cc1cc(C)c(N2[CH-]N(c3c(C)cc(C)cc3C)CC2)c(C)c1. The fourth-order valence-corrected chi connectivity index (χ4v) is 7.93. The van der Waals surface area contributed by atoms with Gasteiger partial charge < -0.3 is 9.80 Å². The van der Waals surface area contributed by atoms with Crippen LogP contribution >= 0.6 is 19.4 Å². The van der Waals surface area contributed by atoms with Crippen molar-refractivity contribution in [2.24, 2.45) is 0 Å². The number of anilines is 2. The molecule has 44 heavy (non-hydrogen) atoms. The molecule has 3 aromatic carbocycles. The van der Waals surface area contributed by atoms with Crippen molar-refractivity contribution in [1.82, 2.24) is 4.90 Å². The smallest absolute Gasteiger partial charge is 0.0146 e. The van der Waals surface area contributed by atoms with Gasteiger partial charge in [-0.05, 0) is 63.8 Å². The Morgan fingerprint density at radius 1 is 0.841 bits per heavy atom. The number of halogens is 2. The van der Waals surface area contributed by atoms with Crippen LogP contribution in [-0.2, 0) is 23.0 Å². The third kappa shape index (κ3) is 8.84. The molecule has 2 aliphatic rings. The van der Waals surface area contributed by atoms with Crippen LogP contribution in [0.1, 0.15) is 45.9 Å². The molecule has 1 atom stereocenters. The Balaban J connectivity index is 0.000000202. The number of carbonyl (C=O) groups is 1. The first-order chi connectivity index (χ1) is 20.9. The topological polar surface area (TPSA) is 45.2 Å². The van der Waals surface area contributed by atoms with Crippen LogP contribution in [0.15, 0.2) is 48.5 Å². The second-order valence-electron chi connectivity index (χ2n) is 11.5.